The Hall–Kier alpha value is -1.34. The molecule has 5 nitrogen and oxygen atoms in total. The number of piperidine rings is 1. The molecule has 2 aromatic heterocycles. The number of pyridine rings is 1. The van der Waals surface area contributed by atoms with Crippen molar-refractivity contribution in [3.8, 4) is 5.75 Å². The Bertz CT molecular complexity index is 709. The summed E-state index contributed by atoms with van der Waals surface area (Å²) in [6.45, 7) is 2.87. The molecule has 27 heavy (non-hydrogen) atoms. The van der Waals surface area contributed by atoms with E-state index in [1.54, 1.807) is 23.7 Å². The molecule has 2 fully saturated rings. The SMILES string of the molecule is Cl.Cl.O=C(COc1cccnc1)N(Cc1ccsc1)C1CC12CCNCC2. The van der Waals surface area contributed by atoms with Crippen molar-refractivity contribution in [2.45, 2.75) is 31.8 Å². The molecule has 8 heteroatoms. The van der Waals surface area contributed by atoms with Crippen LogP contribution < -0.4 is 10.1 Å². The third-order valence-corrected chi connectivity index (χ3v) is 6.10. The molecule has 1 unspecified atom stereocenters. The van der Waals surface area contributed by atoms with Crippen molar-refractivity contribution in [3.63, 3.8) is 0 Å². The summed E-state index contributed by atoms with van der Waals surface area (Å²) in [5, 5.41) is 7.62. The zero-order valence-corrected chi connectivity index (χ0v) is 17.5. The van der Waals surface area contributed by atoms with Gasteiger partial charge in [0.2, 0.25) is 0 Å². The molecule has 1 atom stereocenters. The minimum atomic E-state index is 0. The molecule has 1 aliphatic carbocycles. The first-order chi connectivity index (χ1) is 12.3. The summed E-state index contributed by atoms with van der Waals surface area (Å²) < 4.78 is 5.66. The maximum atomic E-state index is 12.9. The fraction of sp³-hybridized carbons (Fsp3) is 0.474. The lowest BCUT2D eigenvalue weighted by Crippen LogP contribution is -2.41. The van der Waals surface area contributed by atoms with Gasteiger partial charge in [-0.25, -0.2) is 0 Å². The number of halogens is 2. The van der Waals surface area contributed by atoms with Gasteiger partial charge in [0.05, 0.1) is 6.20 Å². The van der Waals surface area contributed by atoms with Gasteiger partial charge in [-0.2, -0.15) is 11.3 Å². The highest BCUT2D eigenvalue weighted by molar-refractivity contribution is 7.07. The molecule has 1 spiro atoms. The number of aromatic nitrogens is 1. The second kappa shape index (κ2) is 9.73. The number of rotatable bonds is 6. The monoisotopic (exact) mass is 429 g/mol. The van der Waals surface area contributed by atoms with Crippen LogP contribution in [0.5, 0.6) is 5.75 Å². The van der Waals surface area contributed by atoms with Crippen LogP contribution in [0.2, 0.25) is 0 Å². The van der Waals surface area contributed by atoms with Crippen LogP contribution in [0.4, 0.5) is 0 Å². The highest BCUT2D eigenvalue weighted by atomic mass is 35.5. The molecule has 1 saturated carbocycles. The van der Waals surface area contributed by atoms with Crippen LogP contribution in [0, 0.1) is 5.41 Å². The molecular weight excluding hydrogens is 405 g/mol. The van der Waals surface area contributed by atoms with Crippen molar-refractivity contribution in [1.82, 2.24) is 15.2 Å². The number of ether oxygens (including phenoxy) is 1. The van der Waals surface area contributed by atoms with Gasteiger partial charge in [-0.05, 0) is 72.3 Å². The van der Waals surface area contributed by atoms with E-state index < -0.39 is 0 Å². The van der Waals surface area contributed by atoms with Crippen LogP contribution >= 0.6 is 36.2 Å². The van der Waals surface area contributed by atoms with Gasteiger partial charge in [-0.15, -0.1) is 24.8 Å². The van der Waals surface area contributed by atoms with E-state index >= 15 is 0 Å². The largest absolute Gasteiger partial charge is 0.482 e. The lowest BCUT2D eigenvalue weighted by atomic mass is 9.93. The first-order valence-electron chi connectivity index (χ1n) is 8.81. The number of thiophene rings is 1. The molecule has 1 N–H and O–H groups in total. The lowest BCUT2D eigenvalue weighted by Gasteiger charge is -2.29. The van der Waals surface area contributed by atoms with Crippen LogP contribution in [0.15, 0.2) is 41.4 Å². The molecule has 2 aliphatic rings. The second-order valence-corrected chi connectivity index (χ2v) is 7.74. The van der Waals surface area contributed by atoms with Gasteiger partial charge < -0.3 is 15.0 Å². The number of nitrogens with one attached hydrogen (secondary N) is 1. The molecule has 148 valence electrons. The summed E-state index contributed by atoms with van der Waals surface area (Å²) in [4.78, 5) is 19.0. The van der Waals surface area contributed by atoms with Crippen molar-refractivity contribution in [2.75, 3.05) is 19.7 Å². The van der Waals surface area contributed by atoms with E-state index in [-0.39, 0.29) is 37.3 Å². The molecule has 3 heterocycles. The summed E-state index contributed by atoms with van der Waals surface area (Å²) in [5.41, 5.74) is 1.53. The zero-order valence-electron chi connectivity index (χ0n) is 15.0. The summed E-state index contributed by atoms with van der Waals surface area (Å²) in [7, 11) is 0. The van der Waals surface area contributed by atoms with E-state index in [1.807, 2.05) is 17.0 Å². The van der Waals surface area contributed by atoms with Crippen LogP contribution in [-0.4, -0.2) is 41.5 Å². The van der Waals surface area contributed by atoms with Crippen molar-refractivity contribution >= 4 is 42.1 Å². The summed E-state index contributed by atoms with van der Waals surface area (Å²) in [6, 6.07) is 6.09. The number of carbonyl (C=O) groups is 1. The second-order valence-electron chi connectivity index (χ2n) is 6.96. The molecule has 1 aliphatic heterocycles. The van der Waals surface area contributed by atoms with Crippen molar-refractivity contribution in [1.29, 1.82) is 0 Å². The molecule has 0 aromatic carbocycles. The van der Waals surface area contributed by atoms with E-state index in [0.29, 0.717) is 23.8 Å². The van der Waals surface area contributed by atoms with Gasteiger partial charge in [0.1, 0.15) is 5.75 Å². The van der Waals surface area contributed by atoms with Gasteiger partial charge in [-0.1, -0.05) is 0 Å². The first kappa shape index (κ1) is 22.0. The van der Waals surface area contributed by atoms with Crippen molar-refractivity contribution in [3.05, 3.63) is 46.9 Å². The Labute approximate surface area is 176 Å². The maximum Gasteiger partial charge on any atom is 0.261 e. The molecule has 2 aromatic rings. The Morgan fingerprint density at radius 2 is 2.15 bits per heavy atom. The van der Waals surface area contributed by atoms with Crippen molar-refractivity contribution in [2.24, 2.45) is 5.41 Å². The minimum absolute atomic E-state index is 0. The van der Waals surface area contributed by atoms with Gasteiger partial charge in [0.25, 0.3) is 5.91 Å². The smallest absolute Gasteiger partial charge is 0.261 e. The molecular formula is C19H25Cl2N3O2S. The fourth-order valence-corrected chi connectivity index (χ4v) is 4.50. The fourth-order valence-electron chi connectivity index (χ4n) is 3.84. The van der Waals surface area contributed by atoms with Crippen LogP contribution in [0.25, 0.3) is 0 Å². The number of nitrogens with zero attached hydrogens (tertiary/aromatic N) is 2. The molecule has 0 bridgehead atoms. The van der Waals surface area contributed by atoms with E-state index in [1.165, 1.54) is 5.56 Å². The van der Waals surface area contributed by atoms with E-state index in [2.05, 4.69) is 27.1 Å². The average molecular weight is 430 g/mol. The Balaban J connectivity index is 0.00000131. The van der Waals surface area contributed by atoms with E-state index in [9.17, 15) is 4.79 Å². The summed E-state index contributed by atoms with van der Waals surface area (Å²) in [6.07, 6.45) is 6.78. The van der Waals surface area contributed by atoms with Crippen molar-refractivity contribution < 1.29 is 9.53 Å². The van der Waals surface area contributed by atoms with E-state index in [0.717, 1.165) is 32.4 Å². The molecule has 0 radical (unpaired) electrons. The Kier molecular flexibility index (Phi) is 7.91. The minimum Gasteiger partial charge on any atom is -0.482 e. The third-order valence-electron chi connectivity index (χ3n) is 5.37. The van der Waals surface area contributed by atoms with Gasteiger partial charge in [0, 0.05) is 18.8 Å². The average Bonchev–Trinajstić information content (AvgIpc) is 3.08. The lowest BCUT2D eigenvalue weighted by molar-refractivity contribution is -0.135. The van der Waals surface area contributed by atoms with Gasteiger partial charge in [-0.3, -0.25) is 9.78 Å². The quantitative estimate of drug-likeness (QED) is 0.762. The summed E-state index contributed by atoms with van der Waals surface area (Å²) >= 11 is 1.68. The number of carbonyl (C=O) groups excluding carboxylic acids is 1. The highest BCUT2D eigenvalue weighted by Crippen LogP contribution is 2.56. The van der Waals surface area contributed by atoms with Gasteiger partial charge in [0.15, 0.2) is 6.61 Å². The van der Waals surface area contributed by atoms with Crippen LogP contribution in [0.3, 0.4) is 0 Å². The van der Waals surface area contributed by atoms with Gasteiger partial charge >= 0.3 is 0 Å². The predicted octanol–water partition coefficient (Wildman–Crippen LogP) is 3.54. The number of hydrogen-bond donors (Lipinski definition) is 1. The van der Waals surface area contributed by atoms with Crippen LogP contribution in [0.1, 0.15) is 24.8 Å². The topological polar surface area (TPSA) is 54.5 Å². The molecule has 4 rings (SSSR count). The maximum absolute atomic E-state index is 12.9. The predicted molar refractivity (Wildman–Crippen MR) is 112 cm³/mol. The Morgan fingerprint density at radius 3 is 2.81 bits per heavy atom. The standard InChI is InChI=1S/C19H23N3O2S.2ClH/c23-18(13-24-16-2-1-6-21-11-16)22(12-15-3-9-25-14-15)17-10-19(17)4-7-20-8-5-19;;/h1-3,6,9,11,14,17,20H,4-5,7-8,10,12-13H2;2*1H. The highest BCUT2D eigenvalue weighted by Gasteiger charge is 2.57. The molecule has 1 saturated heterocycles. The third kappa shape index (κ3) is 5.13. The zero-order chi connectivity index (χ0) is 17.1. The first-order valence-corrected chi connectivity index (χ1v) is 9.75. The molecule has 1 amide bonds. The van der Waals surface area contributed by atoms with E-state index in [4.69, 9.17) is 4.74 Å². The normalized spacial score (nSPS) is 19.5. The Morgan fingerprint density at radius 1 is 1.33 bits per heavy atom. The van der Waals surface area contributed by atoms with Crippen LogP contribution in [-0.2, 0) is 11.3 Å². The summed E-state index contributed by atoms with van der Waals surface area (Å²) in [5.74, 6) is 0.703. The number of hydrogen-bond acceptors (Lipinski definition) is 5. The number of amides is 1.